The Balaban J connectivity index is 2.26. The topological polar surface area (TPSA) is 46.3 Å². The summed E-state index contributed by atoms with van der Waals surface area (Å²) in [5.41, 5.74) is 7.12. The van der Waals surface area contributed by atoms with Gasteiger partial charge in [-0.3, -0.25) is 4.79 Å². The van der Waals surface area contributed by atoms with Crippen LogP contribution in [-0.2, 0) is 0 Å². The number of amides is 1. The molecule has 1 saturated heterocycles. The second-order valence-corrected chi connectivity index (χ2v) is 4.65. The summed E-state index contributed by atoms with van der Waals surface area (Å²) in [6.07, 6.45) is 0.827. The van der Waals surface area contributed by atoms with Crippen molar-refractivity contribution in [3.63, 3.8) is 0 Å². The molecule has 0 bridgehead atoms. The molecule has 1 aliphatic heterocycles. The lowest BCUT2D eigenvalue weighted by Crippen LogP contribution is -2.40. The van der Waals surface area contributed by atoms with E-state index in [2.05, 4.69) is 0 Å². The molecule has 0 saturated carbocycles. The molecule has 2 atom stereocenters. The SMILES string of the molecule is Cc1cc(F)ccc1C(=O)N1CCC(N)C1C. The molecule has 3 nitrogen and oxygen atoms in total. The Hall–Kier alpha value is -1.42. The Morgan fingerprint density at radius 2 is 2.24 bits per heavy atom. The summed E-state index contributed by atoms with van der Waals surface area (Å²) in [7, 11) is 0. The van der Waals surface area contributed by atoms with Crippen molar-refractivity contribution in [2.75, 3.05) is 6.54 Å². The Morgan fingerprint density at radius 1 is 1.53 bits per heavy atom. The molecule has 1 fully saturated rings. The third-order valence-corrected chi connectivity index (χ3v) is 3.49. The highest BCUT2D eigenvalue weighted by Gasteiger charge is 2.32. The zero-order valence-corrected chi connectivity index (χ0v) is 10.1. The monoisotopic (exact) mass is 236 g/mol. The number of halogens is 1. The largest absolute Gasteiger partial charge is 0.334 e. The highest BCUT2D eigenvalue weighted by atomic mass is 19.1. The predicted octanol–water partition coefficient (Wildman–Crippen LogP) is 1.70. The van der Waals surface area contributed by atoms with Crippen LogP contribution < -0.4 is 5.73 Å². The van der Waals surface area contributed by atoms with Crippen LogP contribution in [0.15, 0.2) is 18.2 Å². The molecule has 2 rings (SSSR count). The van der Waals surface area contributed by atoms with Crippen molar-refractivity contribution in [3.8, 4) is 0 Å². The van der Waals surface area contributed by atoms with Crippen molar-refractivity contribution in [2.24, 2.45) is 5.73 Å². The van der Waals surface area contributed by atoms with Crippen LogP contribution in [0.5, 0.6) is 0 Å². The molecule has 0 radical (unpaired) electrons. The normalized spacial score (nSPS) is 24.1. The number of aryl methyl sites for hydroxylation is 1. The lowest BCUT2D eigenvalue weighted by Gasteiger charge is -2.24. The molecule has 1 aliphatic rings. The first-order valence-corrected chi connectivity index (χ1v) is 5.83. The molecular weight excluding hydrogens is 219 g/mol. The summed E-state index contributed by atoms with van der Waals surface area (Å²) in [5, 5.41) is 0. The minimum absolute atomic E-state index is 0.0414. The van der Waals surface area contributed by atoms with E-state index in [1.165, 1.54) is 12.1 Å². The molecule has 0 aromatic heterocycles. The van der Waals surface area contributed by atoms with E-state index in [4.69, 9.17) is 5.73 Å². The highest BCUT2D eigenvalue weighted by Crippen LogP contribution is 2.21. The molecule has 1 aromatic carbocycles. The molecule has 0 aliphatic carbocycles. The zero-order chi connectivity index (χ0) is 12.6. The molecule has 2 unspecified atom stereocenters. The van der Waals surface area contributed by atoms with Crippen LogP contribution in [0, 0.1) is 12.7 Å². The maximum Gasteiger partial charge on any atom is 0.254 e. The molecule has 4 heteroatoms. The maximum atomic E-state index is 13.0. The van der Waals surface area contributed by atoms with E-state index < -0.39 is 0 Å². The first-order chi connectivity index (χ1) is 8.00. The fourth-order valence-electron chi connectivity index (χ4n) is 2.27. The second kappa shape index (κ2) is 4.45. The van der Waals surface area contributed by atoms with Gasteiger partial charge >= 0.3 is 0 Å². The van der Waals surface area contributed by atoms with Gasteiger partial charge in [-0.15, -0.1) is 0 Å². The van der Waals surface area contributed by atoms with E-state index in [9.17, 15) is 9.18 Å². The van der Waals surface area contributed by atoms with Crippen molar-refractivity contribution in [3.05, 3.63) is 35.1 Å². The minimum atomic E-state index is -0.315. The molecule has 0 spiro atoms. The van der Waals surface area contributed by atoms with E-state index in [0.717, 1.165) is 6.42 Å². The second-order valence-electron chi connectivity index (χ2n) is 4.65. The number of nitrogens with zero attached hydrogens (tertiary/aromatic N) is 1. The quantitative estimate of drug-likeness (QED) is 0.806. The number of likely N-dealkylation sites (tertiary alicyclic amines) is 1. The van der Waals surface area contributed by atoms with Crippen LogP contribution >= 0.6 is 0 Å². The van der Waals surface area contributed by atoms with Crippen LogP contribution in [0.2, 0.25) is 0 Å². The van der Waals surface area contributed by atoms with Crippen molar-refractivity contribution in [1.29, 1.82) is 0 Å². The van der Waals surface area contributed by atoms with E-state index in [1.807, 2.05) is 6.92 Å². The number of nitrogens with two attached hydrogens (primary N) is 1. The van der Waals surface area contributed by atoms with Gasteiger partial charge in [-0.05, 0) is 44.0 Å². The summed E-state index contributed by atoms with van der Waals surface area (Å²) < 4.78 is 13.0. The Morgan fingerprint density at radius 3 is 2.76 bits per heavy atom. The minimum Gasteiger partial charge on any atom is -0.334 e. The Labute approximate surface area is 100 Å². The van der Waals surface area contributed by atoms with Gasteiger partial charge in [-0.2, -0.15) is 0 Å². The first-order valence-electron chi connectivity index (χ1n) is 5.83. The number of carbonyl (C=O) groups excluding carboxylic acids is 1. The molecule has 1 aromatic rings. The Kier molecular flexibility index (Phi) is 3.15. The van der Waals surface area contributed by atoms with E-state index in [0.29, 0.717) is 17.7 Å². The van der Waals surface area contributed by atoms with E-state index in [1.54, 1.807) is 17.9 Å². The van der Waals surface area contributed by atoms with Gasteiger partial charge in [0, 0.05) is 24.2 Å². The first kappa shape index (κ1) is 12.0. The molecule has 1 heterocycles. The fraction of sp³-hybridized carbons (Fsp3) is 0.462. The van der Waals surface area contributed by atoms with Gasteiger partial charge in [-0.1, -0.05) is 0 Å². The summed E-state index contributed by atoms with van der Waals surface area (Å²) >= 11 is 0. The molecule has 2 N–H and O–H groups in total. The molecule has 92 valence electrons. The van der Waals surface area contributed by atoms with Crippen molar-refractivity contribution >= 4 is 5.91 Å². The number of hydrogen-bond acceptors (Lipinski definition) is 2. The summed E-state index contributed by atoms with van der Waals surface area (Å²) in [6, 6.07) is 4.34. The number of hydrogen-bond donors (Lipinski definition) is 1. The van der Waals surface area contributed by atoms with Crippen LogP contribution in [0.1, 0.15) is 29.3 Å². The van der Waals surface area contributed by atoms with Crippen LogP contribution in [0.4, 0.5) is 4.39 Å². The predicted molar refractivity (Wildman–Crippen MR) is 64.2 cm³/mol. The lowest BCUT2D eigenvalue weighted by atomic mass is 10.1. The molecule has 1 amide bonds. The smallest absolute Gasteiger partial charge is 0.254 e. The van der Waals surface area contributed by atoms with E-state index >= 15 is 0 Å². The number of benzene rings is 1. The van der Waals surface area contributed by atoms with Gasteiger partial charge in [0.2, 0.25) is 0 Å². The third-order valence-electron chi connectivity index (χ3n) is 3.49. The highest BCUT2D eigenvalue weighted by molar-refractivity contribution is 5.96. The number of carbonyl (C=O) groups is 1. The third kappa shape index (κ3) is 2.17. The summed E-state index contributed by atoms with van der Waals surface area (Å²) in [4.78, 5) is 14.1. The van der Waals surface area contributed by atoms with E-state index in [-0.39, 0.29) is 23.8 Å². The zero-order valence-electron chi connectivity index (χ0n) is 10.1. The maximum absolute atomic E-state index is 13.0. The number of rotatable bonds is 1. The van der Waals surface area contributed by atoms with Gasteiger partial charge in [-0.25, -0.2) is 4.39 Å². The Bertz CT molecular complexity index is 447. The average Bonchev–Trinajstić information content (AvgIpc) is 2.59. The van der Waals surface area contributed by atoms with Crippen LogP contribution in [0.3, 0.4) is 0 Å². The fourth-order valence-corrected chi connectivity index (χ4v) is 2.27. The van der Waals surface area contributed by atoms with Crippen LogP contribution in [-0.4, -0.2) is 29.4 Å². The van der Waals surface area contributed by atoms with Gasteiger partial charge in [0.25, 0.3) is 5.91 Å². The standard InChI is InChI=1S/C13H17FN2O/c1-8-7-10(14)3-4-11(8)13(17)16-6-5-12(15)9(16)2/h3-4,7,9,12H,5-6,15H2,1-2H3. The van der Waals surface area contributed by atoms with Gasteiger partial charge in [0.05, 0.1) is 0 Å². The van der Waals surface area contributed by atoms with Crippen molar-refractivity contribution < 1.29 is 9.18 Å². The van der Waals surface area contributed by atoms with Gasteiger partial charge in [0.15, 0.2) is 0 Å². The average molecular weight is 236 g/mol. The summed E-state index contributed by atoms with van der Waals surface area (Å²) in [5.74, 6) is -0.367. The van der Waals surface area contributed by atoms with Crippen molar-refractivity contribution in [2.45, 2.75) is 32.4 Å². The summed E-state index contributed by atoms with van der Waals surface area (Å²) in [6.45, 7) is 4.38. The van der Waals surface area contributed by atoms with Gasteiger partial charge in [0.1, 0.15) is 5.82 Å². The van der Waals surface area contributed by atoms with Crippen LogP contribution in [0.25, 0.3) is 0 Å². The molecular formula is C13H17FN2O. The van der Waals surface area contributed by atoms with Crippen molar-refractivity contribution in [1.82, 2.24) is 4.90 Å². The lowest BCUT2D eigenvalue weighted by molar-refractivity contribution is 0.0742. The van der Waals surface area contributed by atoms with Gasteiger partial charge < -0.3 is 10.6 Å². The molecule has 17 heavy (non-hydrogen) atoms.